The van der Waals surface area contributed by atoms with Crippen molar-refractivity contribution >= 4 is 53.4 Å². The zero-order valence-electron chi connectivity index (χ0n) is 14.7. The van der Waals surface area contributed by atoms with Crippen LogP contribution in [0, 0.1) is 0 Å². The van der Waals surface area contributed by atoms with Crippen molar-refractivity contribution in [2.45, 2.75) is 0 Å². The Balaban J connectivity index is 0.000000159. The van der Waals surface area contributed by atoms with E-state index in [0.717, 1.165) is 36.2 Å². The fourth-order valence-corrected chi connectivity index (χ4v) is 3.78. The number of benzene rings is 4. The third kappa shape index (κ3) is 5.01. The minimum absolute atomic E-state index is 0.264. The predicted octanol–water partition coefficient (Wildman–Crippen LogP) is 6.89. The summed E-state index contributed by atoms with van der Waals surface area (Å²) in [5.41, 5.74) is 0. The second kappa shape index (κ2) is 9.22. The van der Waals surface area contributed by atoms with Crippen LogP contribution in [0.15, 0.2) is 81.7 Å². The first-order valence-corrected chi connectivity index (χ1v) is 9.84. The quantitative estimate of drug-likeness (QED) is 0.318. The van der Waals surface area contributed by atoms with E-state index in [1.807, 2.05) is 48.5 Å². The average molecular weight is 490 g/mol. The standard InChI is InChI=1S/C12H11BrO2.C10H7BrO/c1-14-8-15-12-7-10(13)6-9-4-2-3-5-11(9)12;11-10-6-8(12)5-7-3-1-2-4-9(7)10/h2-7H,8H2,1H3;1-6,12H. The maximum Gasteiger partial charge on any atom is 0.188 e. The number of hydrogen-bond acceptors (Lipinski definition) is 3. The number of phenols is 1. The van der Waals surface area contributed by atoms with E-state index in [4.69, 9.17) is 9.47 Å². The number of phenolic OH excluding ortho intramolecular Hbond substituents is 1. The van der Waals surface area contributed by atoms with Gasteiger partial charge in [0, 0.05) is 21.4 Å². The van der Waals surface area contributed by atoms with Crippen LogP contribution in [0.3, 0.4) is 0 Å². The minimum Gasteiger partial charge on any atom is -0.508 e. The van der Waals surface area contributed by atoms with Crippen LogP contribution in [0.5, 0.6) is 11.5 Å². The molecule has 0 saturated carbocycles. The molecule has 0 saturated heterocycles. The van der Waals surface area contributed by atoms with Gasteiger partial charge in [0.25, 0.3) is 0 Å². The van der Waals surface area contributed by atoms with Crippen molar-refractivity contribution in [1.82, 2.24) is 0 Å². The summed E-state index contributed by atoms with van der Waals surface area (Å²) in [4.78, 5) is 0. The molecule has 0 fully saturated rings. The summed E-state index contributed by atoms with van der Waals surface area (Å²) in [7, 11) is 1.61. The SMILES string of the molecule is COCOc1cc(Br)cc2ccccc12.Oc1cc(Br)c2ccccc2c1. The molecule has 0 aliphatic heterocycles. The highest BCUT2D eigenvalue weighted by molar-refractivity contribution is 9.11. The molecule has 1 N–H and O–H groups in total. The number of aromatic hydroxyl groups is 1. The monoisotopic (exact) mass is 488 g/mol. The van der Waals surface area contributed by atoms with Crippen LogP contribution < -0.4 is 4.74 Å². The third-order valence-corrected chi connectivity index (χ3v) is 5.03. The molecule has 0 amide bonds. The first kappa shape index (κ1) is 19.7. The van der Waals surface area contributed by atoms with Crippen LogP contribution in [-0.4, -0.2) is 19.0 Å². The summed E-state index contributed by atoms with van der Waals surface area (Å²) in [5, 5.41) is 13.7. The number of hydrogen-bond donors (Lipinski definition) is 1. The lowest BCUT2D eigenvalue weighted by Gasteiger charge is -2.08. The summed E-state index contributed by atoms with van der Waals surface area (Å²) in [6, 6.07) is 23.5. The van der Waals surface area contributed by atoms with E-state index < -0.39 is 0 Å². The molecule has 4 aromatic rings. The Kier molecular flexibility index (Phi) is 6.72. The van der Waals surface area contributed by atoms with Gasteiger partial charge in [-0.3, -0.25) is 0 Å². The Hall–Kier alpha value is -2.08. The van der Waals surface area contributed by atoms with Crippen LogP contribution in [0.1, 0.15) is 0 Å². The van der Waals surface area contributed by atoms with E-state index in [1.165, 1.54) is 0 Å². The van der Waals surface area contributed by atoms with Crippen molar-refractivity contribution < 1.29 is 14.6 Å². The van der Waals surface area contributed by atoms with Gasteiger partial charge in [0.05, 0.1) is 0 Å². The first-order valence-electron chi connectivity index (χ1n) is 8.26. The molecule has 0 spiro atoms. The van der Waals surface area contributed by atoms with E-state index in [2.05, 4.69) is 44.0 Å². The fraction of sp³-hybridized carbons (Fsp3) is 0.0909. The average Bonchev–Trinajstić information content (AvgIpc) is 2.66. The number of rotatable bonds is 3. The minimum atomic E-state index is 0.264. The van der Waals surface area contributed by atoms with E-state index >= 15 is 0 Å². The van der Waals surface area contributed by atoms with Gasteiger partial charge < -0.3 is 14.6 Å². The third-order valence-electron chi connectivity index (χ3n) is 3.92. The Morgan fingerprint density at radius 2 is 1.44 bits per heavy atom. The van der Waals surface area contributed by atoms with Gasteiger partial charge in [-0.1, -0.05) is 80.4 Å². The lowest BCUT2D eigenvalue weighted by molar-refractivity contribution is 0.0522. The lowest BCUT2D eigenvalue weighted by Crippen LogP contribution is -1.99. The number of fused-ring (bicyclic) bond motifs is 2. The molecule has 0 bridgehead atoms. The highest BCUT2D eigenvalue weighted by Gasteiger charge is 2.03. The molecule has 5 heteroatoms. The van der Waals surface area contributed by atoms with E-state index in [0.29, 0.717) is 5.75 Å². The first-order chi connectivity index (χ1) is 13.1. The molecule has 0 aliphatic rings. The molecule has 27 heavy (non-hydrogen) atoms. The predicted molar refractivity (Wildman–Crippen MR) is 117 cm³/mol. The largest absolute Gasteiger partial charge is 0.508 e. The Morgan fingerprint density at radius 3 is 2.15 bits per heavy atom. The molecule has 3 nitrogen and oxygen atoms in total. The molecular formula is C22H18Br2O3. The van der Waals surface area contributed by atoms with Crippen LogP contribution in [0.4, 0.5) is 0 Å². The second-order valence-electron chi connectivity index (χ2n) is 5.82. The lowest BCUT2D eigenvalue weighted by atomic mass is 10.1. The molecule has 0 radical (unpaired) electrons. The highest BCUT2D eigenvalue weighted by atomic mass is 79.9. The molecular weight excluding hydrogens is 472 g/mol. The van der Waals surface area contributed by atoms with Gasteiger partial charge in [-0.2, -0.15) is 0 Å². The Morgan fingerprint density at radius 1 is 0.815 bits per heavy atom. The smallest absolute Gasteiger partial charge is 0.188 e. The summed E-state index contributed by atoms with van der Waals surface area (Å²) >= 11 is 6.84. The Bertz CT molecular complexity index is 1060. The zero-order chi connectivity index (χ0) is 19.2. The topological polar surface area (TPSA) is 38.7 Å². The van der Waals surface area contributed by atoms with E-state index in [-0.39, 0.29) is 6.79 Å². The number of methoxy groups -OCH3 is 1. The van der Waals surface area contributed by atoms with Gasteiger partial charge >= 0.3 is 0 Å². The van der Waals surface area contributed by atoms with Crippen LogP contribution in [0.25, 0.3) is 21.5 Å². The molecule has 138 valence electrons. The van der Waals surface area contributed by atoms with E-state index in [9.17, 15) is 5.11 Å². The van der Waals surface area contributed by atoms with Gasteiger partial charge in [0.1, 0.15) is 11.5 Å². The van der Waals surface area contributed by atoms with Crippen molar-refractivity contribution in [1.29, 1.82) is 0 Å². The molecule has 0 aromatic heterocycles. The van der Waals surface area contributed by atoms with Crippen LogP contribution in [-0.2, 0) is 4.74 Å². The summed E-state index contributed by atoms with van der Waals surface area (Å²) in [5.74, 6) is 1.13. The van der Waals surface area contributed by atoms with Gasteiger partial charge in [0.15, 0.2) is 6.79 Å². The molecule has 0 aliphatic carbocycles. The second-order valence-corrected chi connectivity index (χ2v) is 7.59. The van der Waals surface area contributed by atoms with Gasteiger partial charge in [-0.05, 0) is 40.4 Å². The molecule has 4 rings (SSSR count). The van der Waals surface area contributed by atoms with Crippen molar-refractivity contribution in [2.75, 3.05) is 13.9 Å². The summed E-state index contributed by atoms with van der Waals surface area (Å²) in [6.07, 6.45) is 0. The van der Waals surface area contributed by atoms with Gasteiger partial charge in [0.2, 0.25) is 0 Å². The molecule has 0 heterocycles. The van der Waals surface area contributed by atoms with Crippen LogP contribution >= 0.6 is 31.9 Å². The van der Waals surface area contributed by atoms with Crippen molar-refractivity contribution in [3.05, 3.63) is 81.7 Å². The van der Waals surface area contributed by atoms with Crippen molar-refractivity contribution in [3.8, 4) is 11.5 Å². The van der Waals surface area contributed by atoms with Gasteiger partial charge in [-0.15, -0.1) is 0 Å². The summed E-state index contributed by atoms with van der Waals surface area (Å²) < 4.78 is 12.3. The van der Waals surface area contributed by atoms with Crippen molar-refractivity contribution in [2.24, 2.45) is 0 Å². The van der Waals surface area contributed by atoms with Crippen LogP contribution in [0.2, 0.25) is 0 Å². The zero-order valence-corrected chi connectivity index (χ0v) is 17.8. The maximum absolute atomic E-state index is 9.28. The molecule has 4 aromatic carbocycles. The molecule has 0 atom stereocenters. The fourth-order valence-electron chi connectivity index (χ4n) is 2.73. The normalized spacial score (nSPS) is 10.5. The van der Waals surface area contributed by atoms with E-state index in [1.54, 1.807) is 19.2 Å². The highest BCUT2D eigenvalue weighted by Crippen LogP contribution is 2.30. The summed E-state index contributed by atoms with van der Waals surface area (Å²) in [6.45, 7) is 0.264. The number of ether oxygens (including phenoxy) is 2. The maximum atomic E-state index is 9.28. The number of halogens is 2. The van der Waals surface area contributed by atoms with Gasteiger partial charge in [-0.25, -0.2) is 0 Å². The molecule has 0 unspecified atom stereocenters. The Labute approximate surface area is 174 Å². The van der Waals surface area contributed by atoms with Crippen molar-refractivity contribution in [3.63, 3.8) is 0 Å².